The fourth-order valence-corrected chi connectivity index (χ4v) is 6.71. The molecule has 0 amide bonds. The van der Waals surface area contributed by atoms with Gasteiger partial charge < -0.3 is 0 Å². The number of hydrogen-bond donors (Lipinski definition) is 1. The van der Waals surface area contributed by atoms with Crippen molar-refractivity contribution in [1.82, 2.24) is 9.29 Å². The Morgan fingerprint density at radius 1 is 0.818 bits per heavy atom. The Hall–Kier alpha value is -3.27. The van der Waals surface area contributed by atoms with Crippen molar-refractivity contribution in [3.63, 3.8) is 0 Å². The molecule has 168 valence electrons. The number of fused-ring (bicyclic) bond motifs is 2. The highest BCUT2D eigenvalue weighted by molar-refractivity contribution is 7.93. The summed E-state index contributed by atoms with van der Waals surface area (Å²) in [5, 5.41) is 0.729. The van der Waals surface area contributed by atoms with Crippen molar-refractivity contribution in [1.29, 1.82) is 0 Å². The lowest BCUT2D eigenvalue weighted by Gasteiger charge is -2.28. The van der Waals surface area contributed by atoms with E-state index in [1.165, 1.54) is 10.4 Å². The second-order valence-electron chi connectivity index (χ2n) is 7.82. The zero-order valence-corrected chi connectivity index (χ0v) is 19.2. The van der Waals surface area contributed by atoms with Crippen LogP contribution in [0.25, 0.3) is 10.9 Å². The zero-order chi connectivity index (χ0) is 23.1. The van der Waals surface area contributed by atoms with Crippen molar-refractivity contribution in [3.8, 4) is 0 Å². The van der Waals surface area contributed by atoms with Crippen LogP contribution in [0.3, 0.4) is 0 Å². The summed E-state index contributed by atoms with van der Waals surface area (Å²) >= 11 is 0. The average Bonchev–Trinajstić information content (AvgIpc) is 2.83. The molecular formula is C24H21N3O4S2. The first-order valence-electron chi connectivity index (χ1n) is 10.4. The molecule has 0 saturated heterocycles. The van der Waals surface area contributed by atoms with Crippen LogP contribution < -0.4 is 4.72 Å². The Labute approximate surface area is 192 Å². The standard InChI is InChI=1S/C24H21N3O4S2/c28-32(29,23-10-4-6-19-7-5-14-25-24(19)23)26-21-12-11-18-13-15-27(17-20(18)16-21)33(30,31)22-8-2-1-3-9-22/h1-12,14,16,26H,13,15,17H2. The number of rotatable bonds is 5. The Kier molecular flexibility index (Phi) is 5.40. The number of aromatic nitrogens is 1. The van der Waals surface area contributed by atoms with Gasteiger partial charge >= 0.3 is 0 Å². The number of nitrogens with zero attached hydrogens (tertiary/aromatic N) is 2. The first kappa shape index (κ1) is 21.6. The Morgan fingerprint density at radius 2 is 1.61 bits per heavy atom. The molecule has 0 radical (unpaired) electrons. The molecule has 1 aromatic heterocycles. The summed E-state index contributed by atoms with van der Waals surface area (Å²) < 4.78 is 56.4. The zero-order valence-electron chi connectivity index (χ0n) is 17.5. The highest BCUT2D eigenvalue weighted by Gasteiger charge is 2.28. The van der Waals surface area contributed by atoms with E-state index in [1.54, 1.807) is 60.8 Å². The molecule has 2 heterocycles. The van der Waals surface area contributed by atoms with Crippen molar-refractivity contribution in [2.24, 2.45) is 0 Å². The summed E-state index contributed by atoms with van der Waals surface area (Å²) in [5.74, 6) is 0. The molecule has 0 atom stereocenters. The fraction of sp³-hybridized carbons (Fsp3) is 0.125. The molecule has 0 unspecified atom stereocenters. The van der Waals surface area contributed by atoms with Gasteiger partial charge in [0.1, 0.15) is 4.90 Å². The molecule has 0 saturated carbocycles. The van der Waals surface area contributed by atoms with Crippen LogP contribution in [0.5, 0.6) is 0 Å². The molecular weight excluding hydrogens is 458 g/mol. The number of sulfonamides is 2. The van der Waals surface area contributed by atoms with E-state index in [9.17, 15) is 16.8 Å². The summed E-state index contributed by atoms with van der Waals surface area (Å²) in [7, 11) is -7.53. The third kappa shape index (κ3) is 4.10. The molecule has 4 aromatic rings. The lowest BCUT2D eigenvalue weighted by atomic mass is 10.0. The molecule has 0 spiro atoms. The second kappa shape index (κ2) is 8.26. The number of hydrogen-bond acceptors (Lipinski definition) is 5. The van der Waals surface area contributed by atoms with Crippen LogP contribution in [0, 0.1) is 0 Å². The molecule has 0 aliphatic carbocycles. The van der Waals surface area contributed by atoms with Crippen LogP contribution in [-0.2, 0) is 33.0 Å². The van der Waals surface area contributed by atoms with E-state index in [0.29, 0.717) is 24.2 Å². The summed E-state index contributed by atoms with van der Waals surface area (Å²) in [5.41, 5.74) is 2.55. The highest BCUT2D eigenvalue weighted by atomic mass is 32.2. The van der Waals surface area contributed by atoms with Gasteiger partial charge in [-0.15, -0.1) is 0 Å². The highest BCUT2D eigenvalue weighted by Crippen LogP contribution is 2.29. The summed E-state index contributed by atoms with van der Waals surface area (Å²) in [6.45, 7) is 0.551. The van der Waals surface area contributed by atoms with E-state index in [-0.39, 0.29) is 16.3 Å². The van der Waals surface area contributed by atoms with Crippen molar-refractivity contribution >= 4 is 36.6 Å². The quantitative estimate of drug-likeness (QED) is 0.470. The second-order valence-corrected chi connectivity index (χ2v) is 11.4. The van der Waals surface area contributed by atoms with Crippen LogP contribution in [0.2, 0.25) is 0 Å². The molecule has 1 aliphatic heterocycles. The molecule has 5 rings (SSSR count). The lowest BCUT2D eigenvalue weighted by molar-refractivity contribution is 0.391. The third-order valence-electron chi connectivity index (χ3n) is 5.70. The van der Waals surface area contributed by atoms with Crippen molar-refractivity contribution < 1.29 is 16.8 Å². The van der Waals surface area contributed by atoms with Gasteiger partial charge in [0.15, 0.2) is 0 Å². The van der Waals surface area contributed by atoms with Crippen molar-refractivity contribution in [2.45, 2.75) is 22.8 Å². The van der Waals surface area contributed by atoms with E-state index < -0.39 is 20.0 Å². The summed E-state index contributed by atoms with van der Waals surface area (Å²) in [6, 6.07) is 22.1. The molecule has 3 aromatic carbocycles. The fourth-order valence-electron chi connectivity index (χ4n) is 4.04. The Bertz CT molecular complexity index is 1550. The molecule has 0 fully saturated rings. The first-order valence-corrected chi connectivity index (χ1v) is 13.3. The van der Waals surface area contributed by atoms with Crippen LogP contribution in [-0.4, -0.2) is 32.7 Å². The molecule has 7 nitrogen and oxygen atoms in total. The predicted molar refractivity (Wildman–Crippen MR) is 127 cm³/mol. The van der Waals surface area contributed by atoms with Crippen LogP contribution in [0.1, 0.15) is 11.1 Å². The first-order chi connectivity index (χ1) is 15.8. The molecule has 0 bridgehead atoms. The Balaban J connectivity index is 1.44. The number of para-hydroxylation sites is 1. The van der Waals surface area contributed by atoms with Crippen LogP contribution >= 0.6 is 0 Å². The van der Waals surface area contributed by atoms with Gasteiger partial charge in [-0.05, 0) is 53.9 Å². The molecule has 33 heavy (non-hydrogen) atoms. The summed E-state index contributed by atoms with van der Waals surface area (Å²) in [4.78, 5) is 4.57. The Morgan fingerprint density at radius 3 is 2.42 bits per heavy atom. The van der Waals surface area contributed by atoms with E-state index in [0.717, 1.165) is 16.5 Å². The minimum Gasteiger partial charge on any atom is -0.280 e. The van der Waals surface area contributed by atoms with E-state index >= 15 is 0 Å². The molecule has 1 aliphatic rings. The summed E-state index contributed by atoms with van der Waals surface area (Å²) in [6.07, 6.45) is 2.11. The molecule has 1 N–H and O–H groups in total. The smallest absolute Gasteiger partial charge is 0.264 e. The minimum absolute atomic E-state index is 0.0894. The van der Waals surface area contributed by atoms with Gasteiger partial charge in [-0.25, -0.2) is 16.8 Å². The number of pyridine rings is 1. The maximum atomic E-state index is 13.1. The van der Waals surface area contributed by atoms with Gasteiger partial charge in [-0.1, -0.05) is 42.5 Å². The van der Waals surface area contributed by atoms with E-state index in [4.69, 9.17) is 0 Å². The number of benzene rings is 3. The third-order valence-corrected chi connectivity index (χ3v) is 8.97. The van der Waals surface area contributed by atoms with Gasteiger partial charge in [0.05, 0.1) is 10.4 Å². The molecule has 9 heteroatoms. The van der Waals surface area contributed by atoms with Gasteiger partial charge in [0.2, 0.25) is 10.0 Å². The predicted octanol–water partition coefficient (Wildman–Crippen LogP) is 3.78. The SMILES string of the molecule is O=S(=O)(Nc1ccc2c(c1)CN(S(=O)(=O)c1ccccc1)CC2)c1cccc2cccnc12. The van der Waals surface area contributed by atoms with Gasteiger partial charge in [-0.2, -0.15) is 4.31 Å². The number of nitrogens with one attached hydrogen (secondary N) is 1. The van der Waals surface area contributed by atoms with Crippen LogP contribution in [0.4, 0.5) is 5.69 Å². The monoisotopic (exact) mass is 479 g/mol. The number of anilines is 1. The van der Waals surface area contributed by atoms with Gasteiger partial charge in [0.25, 0.3) is 10.0 Å². The average molecular weight is 480 g/mol. The van der Waals surface area contributed by atoms with E-state index in [1.807, 2.05) is 18.2 Å². The largest absolute Gasteiger partial charge is 0.280 e. The minimum atomic E-state index is -3.90. The van der Waals surface area contributed by atoms with Gasteiger partial charge in [0, 0.05) is 30.4 Å². The van der Waals surface area contributed by atoms with Gasteiger partial charge in [-0.3, -0.25) is 9.71 Å². The maximum Gasteiger partial charge on any atom is 0.264 e. The van der Waals surface area contributed by atoms with Crippen molar-refractivity contribution in [3.05, 3.63) is 96.2 Å². The van der Waals surface area contributed by atoms with E-state index in [2.05, 4.69) is 9.71 Å². The lowest BCUT2D eigenvalue weighted by Crippen LogP contribution is -2.36. The van der Waals surface area contributed by atoms with Crippen LogP contribution in [0.15, 0.2) is 94.9 Å². The van der Waals surface area contributed by atoms with Crippen molar-refractivity contribution in [2.75, 3.05) is 11.3 Å². The normalized spacial score (nSPS) is 14.7. The topological polar surface area (TPSA) is 96.4 Å². The maximum absolute atomic E-state index is 13.1.